The smallest absolute Gasteiger partial charge is 0.295 e. The van der Waals surface area contributed by atoms with E-state index in [0.29, 0.717) is 16.5 Å². The van der Waals surface area contributed by atoms with E-state index >= 15 is 0 Å². The zero-order chi connectivity index (χ0) is 14.8. The summed E-state index contributed by atoms with van der Waals surface area (Å²) in [5, 5.41) is 17.5. The van der Waals surface area contributed by atoms with Crippen molar-refractivity contribution in [3.05, 3.63) is 54.1 Å². The Kier molecular flexibility index (Phi) is 3.15. The van der Waals surface area contributed by atoms with Crippen LogP contribution in [-0.4, -0.2) is 21.0 Å². The van der Waals surface area contributed by atoms with Gasteiger partial charge in [0.25, 0.3) is 5.91 Å². The van der Waals surface area contributed by atoms with Crippen LogP contribution in [0.15, 0.2) is 53.0 Å². The maximum absolute atomic E-state index is 13.1. The Labute approximate surface area is 118 Å². The number of fused-ring (bicyclic) bond motifs is 1. The first-order valence-electron chi connectivity index (χ1n) is 6.01. The van der Waals surface area contributed by atoms with Gasteiger partial charge in [0, 0.05) is 23.3 Å². The van der Waals surface area contributed by atoms with E-state index in [4.69, 9.17) is 0 Å². The van der Waals surface area contributed by atoms with Crippen molar-refractivity contribution in [3.8, 4) is 5.88 Å². The first-order chi connectivity index (χ1) is 10.1. The molecule has 3 rings (SSSR count). The highest BCUT2D eigenvalue weighted by Gasteiger charge is 2.12. The van der Waals surface area contributed by atoms with E-state index in [1.54, 1.807) is 0 Å². The molecule has 0 radical (unpaired) electrons. The van der Waals surface area contributed by atoms with Crippen molar-refractivity contribution in [1.82, 2.24) is 9.97 Å². The summed E-state index contributed by atoms with van der Waals surface area (Å²) < 4.78 is 13.1. The average Bonchev–Trinajstić information content (AvgIpc) is 2.80. The van der Waals surface area contributed by atoms with Crippen LogP contribution in [0.25, 0.3) is 10.9 Å². The number of rotatable bonds is 2. The summed E-state index contributed by atoms with van der Waals surface area (Å²) in [6.07, 6.45) is 2.93. The van der Waals surface area contributed by atoms with Crippen molar-refractivity contribution in [3.63, 3.8) is 0 Å². The van der Waals surface area contributed by atoms with Gasteiger partial charge in [-0.3, -0.25) is 9.78 Å². The van der Waals surface area contributed by atoms with Gasteiger partial charge in [-0.25, -0.2) is 4.39 Å². The first kappa shape index (κ1) is 12.9. The minimum absolute atomic E-state index is 0.0902. The Bertz CT molecular complexity index is 843. The molecule has 21 heavy (non-hydrogen) atoms. The number of aromatic nitrogens is 2. The molecule has 2 N–H and O–H groups in total. The molecule has 1 aromatic carbocycles. The predicted molar refractivity (Wildman–Crippen MR) is 73.0 cm³/mol. The minimum atomic E-state index is -0.562. The molecule has 7 heteroatoms. The molecule has 0 aliphatic rings. The van der Waals surface area contributed by atoms with Crippen molar-refractivity contribution in [2.24, 2.45) is 10.2 Å². The Balaban J connectivity index is 1.96. The molecule has 1 amide bonds. The third-order valence-electron chi connectivity index (χ3n) is 2.88. The number of carbonyl (C=O) groups is 1. The fraction of sp³-hybridized carbons (Fsp3) is 0. The molecule has 0 fully saturated rings. The van der Waals surface area contributed by atoms with Crippen LogP contribution in [0.3, 0.4) is 0 Å². The van der Waals surface area contributed by atoms with Crippen LogP contribution in [0.1, 0.15) is 10.4 Å². The highest BCUT2D eigenvalue weighted by atomic mass is 19.1. The molecule has 0 bridgehead atoms. The number of hydrogen-bond acceptors (Lipinski definition) is 4. The summed E-state index contributed by atoms with van der Waals surface area (Å²) in [7, 11) is 0. The van der Waals surface area contributed by atoms with Gasteiger partial charge in [0.15, 0.2) is 5.69 Å². The van der Waals surface area contributed by atoms with E-state index in [1.165, 1.54) is 42.7 Å². The Morgan fingerprint density at radius 1 is 1.24 bits per heavy atom. The third-order valence-corrected chi connectivity index (χ3v) is 2.88. The molecule has 0 aliphatic heterocycles. The topological polar surface area (TPSA) is 90.7 Å². The van der Waals surface area contributed by atoms with Crippen molar-refractivity contribution >= 4 is 22.5 Å². The Hall–Kier alpha value is -3.09. The van der Waals surface area contributed by atoms with Gasteiger partial charge < -0.3 is 10.1 Å². The number of benzene rings is 1. The van der Waals surface area contributed by atoms with Gasteiger partial charge in [0.2, 0.25) is 5.88 Å². The van der Waals surface area contributed by atoms with Crippen LogP contribution in [-0.2, 0) is 0 Å². The number of H-pyrrole nitrogens is 1. The molecule has 6 nitrogen and oxygen atoms in total. The lowest BCUT2D eigenvalue weighted by Gasteiger charge is -1.93. The molecule has 0 aliphatic carbocycles. The van der Waals surface area contributed by atoms with Crippen molar-refractivity contribution < 1.29 is 14.3 Å². The lowest BCUT2D eigenvalue weighted by molar-refractivity contribution is 0.0995. The summed E-state index contributed by atoms with van der Waals surface area (Å²) in [6, 6.07) is 6.92. The largest absolute Gasteiger partial charge is 0.493 e. The number of halogens is 1. The quantitative estimate of drug-likeness (QED) is 0.707. The van der Waals surface area contributed by atoms with Crippen molar-refractivity contribution in [1.29, 1.82) is 0 Å². The van der Waals surface area contributed by atoms with Crippen molar-refractivity contribution in [2.75, 3.05) is 0 Å². The Morgan fingerprint density at radius 2 is 2.00 bits per heavy atom. The number of azo groups is 1. The van der Waals surface area contributed by atoms with E-state index in [1.807, 2.05) is 0 Å². The number of carbonyl (C=O) groups excluding carboxylic acids is 1. The second kappa shape index (κ2) is 5.12. The summed E-state index contributed by atoms with van der Waals surface area (Å²) >= 11 is 0. The molecule has 0 unspecified atom stereocenters. The van der Waals surface area contributed by atoms with E-state index in [2.05, 4.69) is 20.2 Å². The number of pyridine rings is 1. The van der Waals surface area contributed by atoms with E-state index in [-0.39, 0.29) is 11.6 Å². The minimum Gasteiger partial charge on any atom is -0.493 e. The van der Waals surface area contributed by atoms with Crippen LogP contribution < -0.4 is 0 Å². The zero-order valence-corrected chi connectivity index (χ0v) is 10.6. The van der Waals surface area contributed by atoms with Gasteiger partial charge in [-0.15, -0.1) is 10.2 Å². The molecule has 0 saturated heterocycles. The molecule has 0 spiro atoms. The molecular weight excluding hydrogens is 275 g/mol. The van der Waals surface area contributed by atoms with Crippen LogP contribution in [0.5, 0.6) is 5.88 Å². The SMILES string of the molecule is O=C(N=Nc1c(O)[nH]c2cc(F)ccc12)c1ccncc1. The maximum Gasteiger partial charge on any atom is 0.295 e. The number of aromatic hydroxyl groups is 1. The monoisotopic (exact) mass is 284 g/mol. The zero-order valence-electron chi connectivity index (χ0n) is 10.6. The standard InChI is InChI=1S/C14H9FN4O2/c15-9-1-2-10-11(7-9)17-14(21)12(10)18-19-13(20)8-3-5-16-6-4-8/h1-7,17,21H. The van der Waals surface area contributed by atoms with Gasteiger partial charge in [-0.2, -0.15) is 0 Å². The van der Waals surface area contributed by atoms with Gasteiger partial charge in [-0.05, 0) is 30.3 Å². The average molecular weight is 284 g/mol. The fourth-order valence-electron chi connectivity index (χ4n) is 1.89. The number of amides is 1. The third kappa shape index (κ3) is 2.48. The maximum atomic E-state index is 13.1. The second-order valence-corrected chi connectivity index (χ2v) is 4.25. The summed E-state index contributed by atoms with van der Waals surface area (Å²) in [6.45, 7) is 0. The van der Waals surface area contributed by atoms with E-state index in [0.717, 1.165) is 0 Å². The number of nitrogens with one attached hydrogen (secondary N) is 1. The highest BCUT2D eigenvalue weighted by Crippen LogP contribution is 2.35. The van der Waals surface area contributed by atoms with E-state index in [9.17, 15) is 14.3 Å². The van der Waals surface area contributed by atoms with Gasteiger partial charge in [-0.1, -0.05) is 0 Å². The molecule has 3 aromatic rings. The van der Waals surface area contributed by atoms with Crippen LogP contribution >= 0.6 is 0 Å². The molecule has 104 valence electrons. The van der Waals surface area contributed by atoms with Crippen LogP contribution in [0.4, 0.5) is 10.1 Å². The van der Waals surface area contributed by atoms with Crippen molar-refractivity contribution in [2.45, 2.75) is 0 Å². The molecule has 0 atom stereocenters. The molecular formula is C14H9FN4O2. The summed E-state index contributed by atoms with van der Waals surface area (Å²) in [5.74, 6) is -1.28. The summed E-state index contributed by atoms with van der Waals surface area (Å²) in [4.78, 5) is 18.2. The normalized spacial score (nSPS) is 11.3. The van der Waals surface area contributed by atoms with Gasteiger partial charge >= 0.3 is 0 Å². The molecule has 2 aromatic heterocycles. The predicted octanol–water partition coefficient (Wildman–Crippen LogP) is 3.33. The lowest BCUT2D eigenvalue weighted by atomic mass is 10.2. The number of aromatic amines is 1. The molecule has 2 heterocycles. The Morgan fingerprint density at radius 3 is 2.76 bits per heavy atom. The second-order valence-electron chi connectivity index (χ2n) is 4.25. The van der Waals surface area contributed by atoms with Gasteiger partial charge in [0.05, 0.1) is 5.52 Å². The summed E-state index contributed by atoms with van der Waals surface area (Å²) in [5.41, 5.74) is 0.796. The molecule has 0 saturated carbocycles. The number of nitrogens with zero attached hydrogens (tertiary/aromatic N) is 3. The van der Waals surface area contributed by atoms with Crippen LogP contribution in [0, 0.1) is 5.82 Å². The fourth-order valence-corrected chi connectivity index (χ4v) is 1.89. The highest BCUT2D eigenvalue weighted by molar-refractivity contribution is 5.96. The lowest BCUT2D eigenvalue weighted by Crippen LogP contribution is -1.92. The van der Waals surface area contributed by atoms with Gasteiger partial charge in [0.1, 0.15) is 5.82 Å². The first-order valence-corrected chi connectivity index (χ1v) is 6.01. The van der Waals surface area contributed by atoms with E-state index < -0.39 is 11.7 Å². The number of hydrogen-bond donors (Lipinski definition) is 2. The van der Waals surface area contributed by atoms with Crippen LogP contribution in [0.2, 0.25) is 0 Å².